The third kappa shape index (κ3) is 8.18. The second kappa shape index (κ2) is 15.1. The molecule has 0 bridgehead atoms. The summed E-state index contributed by atoms with van der Waals surface area (Å²) in [6.07, 6.45) is 1.01. The number of carbonyl (C=O) groups excluding carboxylic acids is 4. The zero-order valence-corrected chi connectivity index (χ0v) is 26.6. The molecule has 10 nitrogen and oxygen atoms in total. The molecule has 226 valence electrons. The lowest BCUT2D eigenvalue weighted by Crippen LogP contribution is -2.59. The molecule has 1 aromatic heterocycles. The van der Waals surface area contributed by atoms with Gasteiger partial charge in [0.25, 0.3) is 0 Å². The number of aromatic nitrogens is 1. The largest absolute Gasteiger partial charge is 0.379 e. The van der Waals surface area contributed by atoms with Crippen molar-refractivity contribution in [3.63, 3.8) is 0 Å². The number of ketones is 2. The zero-order valence-electron chi connectivity index (χ0n) is 25.8. The van der Waals surface area contributed by atoms with Crippen molar-refractivity contribution in [2.45, 2.75) is 91.1 Å². The van der Waals surface area contributed by atoms with E-state index in [-0.39, 0.29) is 65.3 Å². The molecule has 5 atom stereocenters. The van der Waals surface area contributed by atoms with E-state index in [4.69, 9.17) is 4.74 Å². The highest BCUT2D eigenvalue weighted by molar-refractivity contribution is 7.12. The standard InChI is InChI=1S/C29H49N5O5S/c1-16(2)22(32-28(37)25(18(5)6)33(7)8)29(38)34(9)24(17(3)4)21(39-10)14-20(35)27-23(31-15-40-27)26(36)19-12-11-13-30-19/h15-19,21-22,24-25,30H,11-14H2,1-10H3,(H,32,37)/t19?,21-,22+,24?,25+/m1/s1. The van der Waals surface area contributed by atoms with Gasteiger partial charge in [-0.3, -0.25) is 24.1 Å². The Bertz CT molecular complexity index is 1010. The van der Waals surface area contributed by atoms with Gasteiger partial charge in [-0.15, -0.1) is 11.3 Å². The van der Waals surface area contributed by atoms with Crippen molar-refractivity contribution in [1.82, 2.24) is 25.4 Å². The van der Waals surface area contributed by atoms with Crippen molar-refractivity contribution >= 4 is 34.7 Å². The number of ether oxygens (including phenoxy) is 1. The van der Waals surface area contributed by atoms with Crippen molar-refractivity contribution in [3.8, 4) is 0 Å². The predicted molar refractivity (Wildman–Crippen MR) is 158 cm³/mol. The van der Waals surface area contributed by atoms with Crippen molar-refractivity contribution in [1.29, 1.82) is 0 Å². The molecule has 11 heteroatoms. The van der Waals surface area contributed by atoms with E-state index in [9.17, 15) is 19.2 Å². The highest BCUT2D eigenvalue weighted by atomic mass is 32.1. The molecule has 1 fully saturated rings. The Morgan fingerprint density at radius 3 is 2.20 bits per heavy atom. The number of carbonyl (C=O) groups is 4. The van der Waals surface area contributed by atoms with E-state index < -0.39 is 18.2 Å². The quantitative estimate of drug-likeness (QED) is 0.305. The molecule has 1 aliphatic heterocycles. The van der Waals surface area contributed by atoms with Crippen molar-refractivity contribution in [3.05, 3.63) is 16.1 Å². The van der Waals surface area contributed by atoms with E-state index in [0.717, 1.165) is 30.7 Å². The van der Waals surface area contributed by atoms with Crippen LogP contribution in [-0.4, -0.2) is 103 Å². The van der Waals surface area contributed by atoms with Gasteiger partial charge in [0.05, 0.1) is 29.7 Å². The molecule has 2 heterocycles. The summed E-state index contributed by atoms with van der Waals surface area (Å²) in [7, 11) is 6.93. The average Bonchev–Trinajstić information content (AvgIpc) is 3.57. The van der Waals surface area contributed by atoms with Gasteiger partial charge in [-0.05, 0) is 51.2 Å². The van der Waals surface area contributed by atoms with Crippen molar-refractivity contribution in [2.75, 3.05) is 34.8 Å². The molecule has 40 heavy (non-hydrogen) atoms. The highest BCUT2D eigenvalue weighted by Crippen LogP contribution is 2.25. The maximum atomic E-state index is 13.9. The van der Waals surface area contributed by atoms with Gasteiger partial charge in [0.2, 0.25) is 11.8 Å². The van der Waals surface area contributed by atoms with Gasteiger partial charge in [-0.25, -0.2) is 4.98 Å². The van der Waals surface area contributed by atoms with E-state index in [1.807, 2.05) is 60.5 Å². The van der Waals surface area contributed by atoms with Crippen LogP contribution >= 0.6 is 11.3 Å². The van der Waals surface area contributed by atoms with Gasteiger partial charge < -0.3 is 20.3 Å². The van der Waals surface area contributed by atoms with E-state index in [1.54, 1.807) is 11.9 Å². The fraction of sp³-hybridized carbons (Fsp3) is 0.759. The summed E-state index contributed by atoms with van der Waals surface area (Å²) in [4.78, 5) is 61.5. The molecular formula is C29H49N5O5S. The van der Waals surface area contributed by atoms with Crippen LogP contribution in [0.4, 0.5) is 0 Å². The zero-order chi connectivity index (χ0) is 30.3. The molecule has 0 aromatic carbocycles. The second-order valence-electron chi connectivity index (χ2n) is 12.0. The average molecular weight is 580 g/mol. The molecule has 0 saturated carbocycles. The molecule has 0 aliphatic carbocycles. The molecule has 1 aliphatic rings. The molecule has 0 spiro atoms. The number of nitrogens with one attached hydrogen (secondary N) is 2. The van der Waals surface area contributed by atoms with Crippen LogP contribution in [0.5, 0.6) is 0 Å². The summed E-state index contributed by atoms with van der Waals surface area (Å²) in [5.74, 6) is -0.961. The summed E-state index contributed by atoms with van der Waals surface area (Å²) in [5.41, 5.74) is 1.74. The first-order chi connectivity index (χ1) is 18.7. The molecule has 1 saturated heterocycles. The molecule has 2 amide bonds. The maximum absolute atomic E-state index is 13.9. The van der Waals surface area contributed by atoms with Crippen molar-refractivity contribution in [2.24, 2.45) is 17.8 Å². The number of methoxy groups -OCH3 is 1. The Hall–Kier alpha value is -2.21. The lowest BCUT2D eigenvalue weighted by Gasteiger charge is -2.39. The molecular weight excluding hydrogens is 530 g/mol. The van der Waals surface area contributed by atoms with Gasteiger partial charge in [-0.1, -0.05) is 41.5 Å². The minimum absolute atomic E-state index is 0.00765. The summed E-state index contributed by atoms with van der Waals surface area (Å²) < 4.78 is 5.81. The Balaban J connectivity index is 2.25. The number of amides is 2. The number of nitrogens with zero attached hydrogens (tertiary/aromatic N) is 3. The van der Waals surface area contributed by atoms with Crippen LogP contribution in [-0.2, 0) is 14.3 Å². The lowest BCUT2D eigenvalue weighted by molar-refractivity contribution is -0.143. The SMILES string of the molecule is CO[C@H](CC(=O)c1scnc1C(=O)C1CCCN1)C(C(C)C)N(C)C(=O)[C@@H](NC(=O)[C@H](C(C)C)N(C)C)C(C)C. The first-order valence-electron chi connectivity index (χ1n) is 14.2. The summed E-state index contributed by atoms with van der Waals surface area (Å²) in [6, 6.07) is -1.87. The summed E-state index contributed by atoms with van der Waals surface area (Å²) in [5, 5.41) is 6.17. The third-order valence-corrected chi connectivity index (χ3v) is 8.53. The Morgan fingerprint density at radius 1 is 1.07 bits per heavy atom. The Kier molecular flexibility index (Phi) is 12.9. The number of rotatable bonds is 15. The van der Waals surface area contributed by atoms with Gasteiger partial charge in [0.1, 0.15) is 16.6 Å². The fourth-order valence-corrected chi connectivity index (χ4v) is 6.43. The van der Waals surface area contributed by atoms with Crippen LogP contribution in [0.15, 0.2) is 5.51 Å². The van der Waals surface area contributed by atoms with Crippen LogP contribution in [0, 0.1) is 17.8 Å². The van der Waals surface area contributed by atoms with Gasteiger partial charge in [0.15, 0.2) is 11.6 Å². The highest BCUT2D eigenvalue weighted by Gasteiger charge is 2.39. The van der Waals surface area contributed by atoms with Crippen LogP contribution in [0.25, 0.3) is 0 Å². The predicted octanol–water partition coefficient (Wildman–Crippen LogP) is 2.88. The Labute approximate surface area is 243 Å². The first-order valence-corrected chi connectivity index (χ1v) is 15.1. The fourth-order valence-electron chi connectivity index (χ4n) is 5.69. The molecule has 2 rings (SSSR count). The maximum Gasteiger partial charge on any atom is 0.245 e. The minimum atomic E-state index is -0.738. The normalized spacial score (nSPS) is 18.7. The van der Waals surface area contributed by atoms with E-state index in [2.05, 4.69) is 15.6 Å². The van der Waals surface area contributed by atoms with Crippen LogP contribution in [0.1, 0.15) is 81.0 Å². The lowest BCUT2D eigenvalue weighted by atomic mass is 9.91. The van der Waals surface area contributed by atoms with Crippen LogP contribution in [0.2, 0.25) is 0 Å². The topological polar surface area (TPSA) is 121 Å². The number of likely N-dealkylation sites (N-methyl/N-ethyl adjacent to an activating group) is 2. The number of thiazole rings is 1. The van der Waals surface area contributed by atoms with E-state index in [1.165, 1.54) is 12.6 Å². The van der Waals surface area contributed by atoms with Crippen LogP contribution < -0.4 is 10.6 Å². The first kappa shape index (κ1) is 34.0. The minimum Gasteiger partial charge on any atom is -0.379 e. The number of Topliss-reactive ketones (excluding diaryl/α,β-unsaturated/α-hetero) is 2. The number of hydrogen-bond donors (Lipinski definition) is 2. The molecule has 0 radical (unpaired) electrons. The summed E-state index contributed by atoms with van der Waals surface area (Å²) in [6.45, 7) is 12.5. The van der Waals surface area contributed by atoms with Crippen molar-refractivity contribution < 1.29 is 23.9 Å². The molecule has 2 N–H and O–H groups in total. The van der Waals surface area contributed by atoms with Gasteiger partial charge >= 0.3 is 0 Å². The smallest absolute Gasteiger partial charge is 0.245 e. The monoisotopic (exact) mass is 579 g/mol. The summed E-state index contributed by atoms with van der Waals surface area (Å²) >= 11 is 1.16. The molecule has 2 unspecified atom stereocenters. The third-order valence-electron chi connectivity index (χ3n) is 7.67. The van der Waals surface area contributed by atoms with Gasteiger partial charge in [-0.2, -0.15) is 0 Å². The van der Waals surface area contributed by atoms with E-state index >= 15 is 0 Å². The number of hydrogen-bond acceptors (Lipinski definition) is 9. The van der Waals surface area contributed by atoms with Gasteiger partial charge in [0, 0.05) is 20.6 Å². The molecule has 1 aromatic rings. The van der Waals surface area contributed by atoms with Crippen LogP contribution in [0.3, 0.4) is 0 Å². The van der Waals surface area contributed by atoms with E-state index in [0.29, 0.717) is 4.88 Å². The Morgan fingerprint density at radius 2 is 1.73 bits per heavy atom. The second-order valence-corrected chi connectivity index (χ2v) is 12.9.